The molecule has 1 unspecified atom stereocenters. The number of nitrogens with zero attached hydrogens (tertiary/aromatic N) is 2. The molecule has 0 spiro atoms. The standard InChI is InChI=1S/C33H34ClN3O5S/c1-24-12-10-11-15-26(24)22-36(30(33(39)35-2)20-25-13-6-4-7-14-25)32(38)23-37(29-21-27(34)18-19-31(29)42-3)43(40,41)28-16-8-5-9-17-28/h4-19,21,30H,20,22-23H2,1-3H3,(H,35,39). The van der Waals surface area contributed by atoms with Gasteiger partial charge in [0.05, 0.1) is 17.7 Å². The smallest absolute Gasteiger partial charge is 0.264 e. The first-order valence-electron chi connectivity index (χ1n) is 13.7. The number of rotatable bonds is 12. The van der Waals surface area contributed by atoms with Crippen LogP contribution in [0.3, 0.4) is 0 Å². The summed E-state index contributed by atoms with van der Waals surface area (Å²) in [6, 6.07) is 28.4. The molecule has 8 nitrogen and oxygen atoms in total. The van der Waals surface area contributed by atoms with Gasteiger partial charge in [-0.3, -0.25) is 13.9 Å². The monoisotopic (exact) mass is 619 g/mol. The molecule has 1 N–H and O–H groups in total. The van der Waals surface area contributed by atoms with E-state index in [0.717, 1.165) is 21.0 Å². The van der Waals surface area contributed by atoms with Crippen LogP contribution in [0.5, 0.6) is 5.75 Å². The molecule has 4 aromatic rings. The number of methoxy groups -OCH3 is 1. The van der Waals surface area contributed by atoms with E-state index in [-0.39, 0.29) is 40.2 Å². The first kappa shape index (κ1) is 31.6. The lowest BCUT2D eigenvalue weighted by atomic mass is 10.0. The summed E-state index contributed by atoms with van der Waals surface area (Å²) in [6.45, 7) is 1.40. The zero-order valence-corrected chi connectivity index (χ0v) is 25.8. The van der Waals surface area contributed by atoms with Crippen LogP contribution >= 0.6 is 11.6 Å². The molecule has 0 bridgehead atoms. The molecule has 2 amide bonds. The number of hydrogen-bond acceptors (Lipinski definition) is 5. The van der Waals surface area contributed by atoms with Crippen molar-refractivity contribution in [2.75, 3.05) is 25.0 Å². The van der Waals surface area contributed by atoms with E-state index in [0.29, 0.717) is 0 Å². The maximum atomic E-state index is 14.4. The quantitative estimate of drug-likeness (QED) is 0.234. The van der Waals surface area contributed by atoms with E-state index in [1.165, 1.54) is 37.3 Å². The Kier molecular flexibility index (Phi) is 10.4. The molecule has 0 aliphatic carbocycles. The van der Waals surface area contributed by atoms with Crippen molar-refractivity contribution in [2.45, 2.75) is 30.8 Å². The molecule has 0 saturated carbocycles. The SMILES string of the molecule is CNC(=O)C(Cc1ccccc1)N(Cc1ccccc1C)C(=O)CN(c1cc(Cl)ccc1OC)S(=O)(=O)c1ccccc1. The molecule has 0 heterocycles. The van der Waals surface area contributed by atoms with Gasteiger partial charge in [-0.15, -0.1) is 0 Å². The van der Waals surface area contributed by atoms with Gasteiger partial charge < -0.3 is 15.0 Å². The minimum Gasteiger partial charge on any atom is -0.495 e. The Hall–Kier alpha value is -4.34. The number of halogens is 1. The Morgan fingerprint density at radius 1 is 0.907 bits per heavy atom. The predicted octanol–water partition coefficient (Wildman–Crippen LogP) is 5.24. The van der Waals surface area contributed by atoms with Crippen LogP contribution in [0.25, 0.3) is 0 Å². The van der Waals surface area contributed by atoms with E-state index >= 15 is 0 Å². The molecule has 0 aromatic heterocycles. The van der Waals surface area contributed by atoms with Crippen molar-refractivity contribution >= 4 is 39.1 Å². The molecule has 10 heteroatoms. The third-order valence-corrected chi connectivity index (χ3v) is 9.15. The molecule has 4 aromatic carbocycles. The highest BCUT2D eigenvalue weighted by atomic mass is 35.5. The van der Waals surface area contributed by atoms with Crippen molar-refractivity contribution in [1.29, 1.82) is 0 Å². The van der Waals surface area contributed by atoms with E-state index in [9.17, 15) is 18.0 Å². The lowest BCUT2D eigenvalue weighted by molar-refractivity contribution is -0.139. The van der Waals surface area contributed by atoms with Crippen LogP contribution < -0.4 is 14.4 Å². The predicted molar refractivity (Wildman–Crippen MR) is 169 cm³/mol. The van der Waals surface area contributed by atoms with Gasteiger partial charge in [0, 0.05) is 25.0 Å². The zero-order valence-electron chi connectivity index (χ0n) is 24.2. The Labute approximate surface area is 257 Å². The number of aryl methyl sites for hydroxylation is 1. The molecule has 1 atom stereocenters. The van der Waals surface area contributed by atoms with E-state index < -0.39 is 28.5 Å². The largest absolute Gasteiger partial charge is 0.495 e. The second-order valence-electron chi connectivity index (χ2n) is 9.91. The average Bonchev–Trinajstić information content (AvgIpc) is 3.02. The van der Waals surface area contributed by atoms with Gasteiger partial charge in [-0.1, -0.05) is 84.4 Å². The third kappa shape index (κ3) is 7.55. The zero-order chi connectivity index (χ0) is 31.0. The molecule has 0 saturated heterocycles. The number of amides is 2. The fraction of sp³-hybridized carbons (Fsp3) is 0.212. The van der Waals surface area contributed by atoms with Crippen LogP contribution in [0.15, 0.2) is 108 Å². The van der Waals surface area contributed by atoms with Crippen molar-refractivity contribution < 1.29 is 22.7 Å². The molecule has 4 rings (SSSR count). The number of hydrogen-bond donors (Lipinski definition) is 1. The third-order valence-electron chi connectivity index (χ3n) is 7.14. The maximum Gasteiger partial charge on any atom is 0.264 e. The Morgan fingerprint density at radius 3 is 2.16 bits per heavy atom. The number of sulfonamides is 1. The maximum absolute atomic E-state index is 14.4. The summed E-state index contributed by atoms with van der Waals surface area (Å²) in [6.07, 6.45) is 0.226. The fourth-order valence-corrected chi connectivity index (χ4v) is 6.39. The van der Waals surface area contributed by atoms with Gasteiger partial charge in [-0.25, -0.2) is 8.42 Å². The number of nitrogens with one attached hydrogen (secondary N) is 1. The molecule has 0 aliphatic heterocycles. The molecule has 43 heavy (non-hydrogen) atoms. The van der Waals surface area contributed by atoms with Gasteiger partial charge in [-0.05, 0) is 53.9 Å². The molecule has 0 radical (unpaired) electrons. The number of carbonyl (C=O) groups excluding carboxylic acids is 2. The first-order chi connectivity index (χ1) is 20.6. The molecular weight excluding hydrogens is 586 g/mol. The van der Waals surface area contributed by atoms with Crippen LogP contribution in [0.1, 0.15) is 16.7 Å². The number of anilines is 1. The van der Waals surface area contributed by atoms with Crippen molar-refractivity contribution in [3.05, 3.63) is 125 Å². The van der Waals surface area contributed by atoms with Gasteiger partial charge in [0.15, 0.2) is 0 Å². The molecular formula is C33H34ClN3O5S. The summed E-state index contributed by atoms with van der Waals surface area (Å²) in [4.78, 5) is 29.2. The Balaban J connectivity index is 1.84. The first-order valence-corrected chi connectivity index (χ1v) is 15.5. The van der Waals surface area contributed by atoms with Crippen molar-refractivity contribution in [3.63, 3.8) is 0 Å². The number of likely N-dealkylation sites (N-methyl/N-ethyl adjacent to an activating group) is 1. The molecule has 224 valence electrons. The summed E-state index contributed by atoms with van der Waals surface area (Å²) in [7, 11) is -1.35. The average molecular weight is 620 g/mol. The van der Waals surface area contributed by atoms with E-state index in [1.807, 2.05) is 61.5 Å². The van der Waals surface area contributed by atoms with E-state index in [2.05, 4.69) is 5.32 Å². The second kappa shape index (κ2) is 14.2. The van der Waals surface area contributed by atoms with Gasteiger partial charge in [0.1, 0.15) is 18.3 Å². The van der Waals surface area contributed by atoms with Crippen LogP contribution in [0.4, 0.5) is 5.69 Å². The highest BCUT2D eigenvalue weighted by Gasteiger charge is 2.35. The van der Waals surface area contributed by atoms with Crippen LogP contribution in [-0.4, -0.2) is 51.9 Å². The fourth-order valence-electron chi connectivity index (χ4n) is 4.78. The Morgan fingerprint density at radius 2 is 1.53 bits per heavy atom. The minimum absolute atomic E-state index is 0.0116. The van der Waals surface area contributed by atoms with Gasteiger partial charge >= 0.3 is 0 Å². The summed E-state index contributed by atoms with van der Waals surface area (Å²) >= 11 is 6.31. The number of carbonyl (C=O) groups is 2. The normalized spacial score (nSPS) is 11.8. The topological polar surface area (TPSA) is 96.0 Å². The van der Waals surface area contributed by atoms with Crippen molar-refractivity contribution in [3.8, 4) is 5.75 Å². The van der Waals surface area contributed by atoms with E-state index in [4.69, 9.17) is 16.3 Å². The van der Waals surface area contributed by atoms with Crippen molar-refractivity contribution in [1.82, 2.24) is 10.2 Å². The highest BCUT2D eigenvalue weighted by molar-refractivity contribution is 7.92. The minimum atomic E-state index is -4.28. The van der Waals surface area contributed by atoms with Gasteiger partial charge in [0.2, 0.25) is 11.8 Å². The van der Waals surface area contributed by atoms with Gasteiger partial charge in [-0.2, -0.15) is 0 Å². The van der Waals surface area contributed by atoms with Crippen LogP contribution in [0.2, 0.25) is 5.02 Å². The molecule has 0 aliphatic rings. The Bertz CT molecular complexity index is 1670. The lowest BCUT2D eigenvalue weighted by Gasteiger charge is -2.34. The van der Waals surface area contributed by atoms with Crippen molar-refractivity contribution in [2.24, 2.45) is 0 Å². The van der Waals surface area contributed by atoms with E-state index in [1.54, 1.807) is 30.3 Å². The number of benzene rings is 4. The second-order valence-corrected chi connectivity index (χ2v) is 12.2. The number of ether oxygens (including phenoxy) is 1. The van der Waals surface area contributed by atoms with Crippen LogP contribution in [0, 0.1) is 6.92 Å². The summed E-state index contributed by atoms with van der Waals surface area (Å²) in [5.74, 6) is -0.729. The molecule has 0 fully saturated rings. The summed E-state index contributed by atoms with van der Waals surface area (Å²) < 4.78 is 34.7. The lowest BCUT2D eigenvalue weighted by Crippen LogP contribution is -2.53. The highest BCUT2D eigenvalue weighted by Crippen LogP contribution is 2.35. The summed E-state index contributed by atoms with van der Waals surface area (Å²) in [5.41, 5.74) is 2.71. The van der Waals surface area contributed by atoms with Crippen LogP contribution in [-0.2, 0) is 32.6 Å². The summed E-state index contributed by atoms with van der Waals surface area (Å²) in [5, 5.41) is 2.95. The van der Waals surface area contributed by atoms with Gasteiger partial charge in [0.25, 0.3) is 10.0 Å².